The average Bonchev–Trinajstić information content (AvgIpc) is 2.89. The summed E-state index contributed by atoms with van der Waals surface area (Å²) in [6.07, 6.45) is 1.81. The molecule has 1 aromatic carbocycles. The summed E-state index contributed by atoms with van der Waals surface area (Å²) < 4.78 is 19.2. The van der Waals surface area contributed by atoms with Gasteiger partial charge in [-0.25, -0.2) is 9.18 Å². The molecule has 0 amide bonds. The van der Waals surface area contributed by atoms with Gasteiger partial charge in [-0.2, -0.15) is 10.4 Å². The minimum Gasteiger partial charge on any atom is -0.465 e. The maximum absolute atomic E-state index is 12.9. The summed E-state index contributed by atoms with van der Waals surface area (Å²) in [5, 5.41) is 12.8. The molecule has 2 aromatic rings. The van der Waals surface area contributed by atoms with Crippen molar-refractivity contribution in [2.24, 2.45) is 0 Å². The van der Waals surface area contributed by atoms with E-state index in [2.05, 4.69) is 5.10 Å². The number of esters is 1. The Balaban J connectivity index is 2.44. The van der Waals surface area contributed by atoms with Crippen LogP contribution in [0.3, 0.4) is 0 Å². The van der Waals surface area contributed by atoms with E-state index in [-0.39, 0.29) is 17.8 Å². The molecule has 0 saturated carbocycles. The number of nitriles is 1. The molecule has 0 N–H and O–H groups in total. The second-order valence-corrected chi connectivity index (χ2v) is 4.06. The molecular formula is C14H12FN3O2. The second kappa shape index (κ2) is 5.97. The van der Waals surface area contributed by atoms with Gasteiger partial charge in [-0.1, -0.05) is 0 Å². The molecule has 0 aliphatic heterocycles. The molecule has 0 aliphatic carbocycles. The molecule has 0 saturated heterocycles. The van der Waals surface area contributed by atoms with Gasteiger partial charge in [0.15, 0.2) is 0 Å². The van der Waals surface area contributed by atoms with Crippen LogP contribution in [0.15, 0.2) is 30.5 Å². The van der Waals surface area contributed by atoms with Gasteiger partial charge in [0.1, 0.15) is 17.1 Å². The highest BCUT2D eigenvalue weighted by molar-refractivity contribution is 5.95. The van der Waals surface area contributed by atoms with Crippen LogP contribution in [0.25, 0.3) is 11.3 Å². The van der Waals surface area contributed by atoms with Gasteiger partial charge in [-0.15, -0.1) is 0 Å². The fourth-order valence-electron chi connectivity index (χ4n) is 1.78. The fraction of sp³-hybridized carbons (Fsp3) is 0.214. The van der Waals surface area contributed by atoms with E-state index in [1.807, 2.05) is 6.07 Å². The van der Waals surface area contributed by atoms with Crippen molar-refractivity contribution in [3.8, 4) is 17.3 Å². The second-order valence-electron chi connectivity index (χ2n) is 4.06. The normalized spacial score (nSPS) is 10.1. The van der Waals surface area contributed by atoms with Crippen LogP contribution < -0.4 is 0 Å². The number of ether oxygens (including phenoxy) is 1. The number of rotatable bonds is 4. The van der Waals surface area contributed by atoms with Gasteiger partial charge in [0.2, 0.25) is 0 Å². The van der Waals surface area contributed by atoms with Crippen molar-refractivity contribution in [2.45, 2.75) is 13.0 Å². The van der Waals surface area contributed by atoms with Gasteiger partial charge in [-0.05, 0) is 24.3 Å². The Kier molecular flexibility index (Phi) is 4.11. The first-order valence-electron chi connectivity index (χ1n) is 5.94. The van der Waals surface area contributed by atoms with Gasteiger partial charge in [-0.3, -0.25) is 4.68 Å². The minimum absolute atomic E-state index is 0.283. The number of aryl methyl sites for hydroxylation is 1. The smallest absolute Gasteiger partial charge is 0.341 e. The van der Waals surface area contributed by atoms with Crippen molar-refractivity contribution in [3.05, 3.63) is 41.8 Å². The summed E-state index contributed by atoms with van der Waals surface area (Å²) in [4.78, 5) is 11.7. The number of hydrogen-bond acceptors (Lipinski definition) is 4. The van der Waals surface area contributed by atoms with E-state index in [1.54, 1.807) is 12.1 Å². The van der Waals surface area contributed by atoms with Crippen LogP contribution in [0.4, 0.5) is 4.39 Å². The predicted octanol–water partition coefficient (Wildman–Crippen LogP) is 2.39. The topological polar surface area (TPSA) is 67.9 Å². The first kappa shape index (κ1) is 13.7. The van der Waals surface area contributed by atoms with Crippen molar-refractivity contribution in [1.82, 2.24) is 9.78 Å². The molecule has 0 radical (unpaired) electrons. The molecule has 0 spiro atoms. The SMILES string of the molecule is COC(=O)c1cn(CCC#N)nc1-c1ccc(F)cc1. The van der Waals surface area contributed by atoms with Gasteiger partial charge >= 0.3 is 5.97 Å². The van der Waals surface area contributed by atoms with E-state index >= 15 is 0 Å². The Labute approximate surface area is 115 Å². The van der Waals surface area contributed by atoms with E-state index in [0.717, 1.165) is 0 Å². The number of halogens is 1. The number of methoxy groups -OCH3 is 1. The van der Waals surface area contributed by atoms with Crippen LogP contribution >= 0.6 is 0 Å². The maximum Gasteiger partial charge on any atom is 0.341 e. The first-order chi connectivity index (χ1) is 9.65. The Hall–Kier alpha value is -2.68. The van der Waals surface area contributed by atoms with Gasteiger partial charge < -0.3 is 4.74 Å². The third-order valence-corrected chi connectivity index (χ3v) is 2.74. The molecular weight excluding hydrogens is 261 g/mol. The molecule has 1 aromatic heterocycles. The highest BCUT2D eigenvalue weighted by Gasteiger charge is 2.18. The van der Waals surface area contributed by atoms with Crippen LogP contribution in [-0.4, -0.2) is 22.9 Å². The monoisotopic (exact) mass is 273 g/mol. The third kappa shape index (κ3) is 2.83. The zero-order valence-electron chi connectivity index (χ0n) is 10.8. The van der Waals surface area contributed by atoms with E-state index in [9.17, 15) is 9.18 Å². The molecule has 0 bridgehead atoms. The number of carbonyl (C=O) groups excluding carboxylic acids is 1. The van der Waals surface area contributed by atoms with Gasteiger partial charge in [0.25, 0.3) is 0 Å². The zero-order valence-corrected chi connectivity index (χ0v) is 10.8. The molecule has 2 rings (SSSR count). The lowest BCUT2D eigenvalue weighted by molar-refractivity contribution is 0.0601. The molecule has 1 heterocycles. The van der Waals surface area contributed by atoms with E-state index in [1.165, 1.54) is 30.1 Å². The van der Waals surface area contributed by atoms with Crippen molar-refractivity contribution in [2.75, 3.05) is 7.11 Å². The quantitative estimate of drug-likeness (QED) is 0.802. The Morgan fingerprint density at radius 2 is 2.15 bits per heavy atom. The van der Waals surface area contributed by atoms with Crippen molar-refractivity contribution in [1.29, 1.82) is 5.26 Å². The molecule has 0 aliphatic rings. The van der Waals surface area contributed by atoms with Gasteiger partial charge in [0, 0.05) is 11.8 Å². The van der Waals surface area contributed by atoms with Crippen LogP contribution in [0.1, 0.15) is 16.8 Å². The van der Waals surface area contributed by atoms with E-state index in [4.69, 9.17) is 10.00 Å². The van der Waals surface area contributed by atoms with Gasteiger partial charge in [0.05, 0.1) is 26.1 Å². The average molecular weight is 273 g/mol. The van der Waals surface area contributed by atoms with Crippen molar-refractivity contribution >= 4 is 5.97 Å². The summed E-state index contributed by atoms with van der Waals surface area (Å²) in [6.45, 7) is 0.377. The summed E-state index contributed by atoms with van der Waals surface area (Å²) in [5.74, 6) is -0.884. The van der Waals surface area contributed by atoms with Crippen LogP contribution in [0.5, 0.6) is 0 Å². The lowest BCUT2D eigenvalue weighted by Crippen LogP contribution is -2.01. The van der Waals surface area contributed by atoms with E-state index in [0.29, 0.717) is 17.8 Å². The van der Waals surface area contributed by atoms with Crippen LogP contribution in [0.2, 0.25) is 0 Å². The summed E-state index contributed by atoms with van der Waals surface area (Å²) in [6, 6.07) is 7.68. The number of aromatic nitrogens is 2. The van der Waals surface area contributed by atoms with Crippen molar-refractivity contribution in [3.63, 3.8) is 0 Å². The molecule has 102 valence electrons. The third-order valence-electron chi connectivity index (χ3n) is 2.74. The summed E-state index contributed by atoms with van der Waals surface area (Å²) in [7, 11) is 1.28. The molecule has 20 heavy (non-hydrogen) atoms. The highest BCUT2D eigenvalue weighted by atomic mass is 19.1. The molecule has 6 heteroatoms. The number of hydrogen-bond donors (Lipinski definition) is 0. The van der Waals surface area contributed by atoms with E-state index < -0.39 is 5.97 Å². The van der Waals surface area contributed by atoms with Crippen LogP contribution in [-0.2, 0) is 11.3 Å². The fourth-order valence-corrected chi connectivity index (χ4v) is 1.78. The highest BCUT2D eigenvalue weighted by Crippen LogP contribution is 2.23. The maximum atomic E-state index is 12.9. The summed E-state index contributed by atoms with van der Waals surface area (Å²) in [5.41, 5.74) is 1.31. The molecule has 0 atom stereocenters. The van der Waals surface area contributed by atoms with Crippen LogP contribution in [0, 0.1) is 17.1 Å². The number of nitrogens with zero attached hydrogens (tertiary/aromatic N) is 3. The summed E-state index contributed by atoms with van der Waals surface area (Å²) >= 11 is 0. The Morgan fingerprint density at radius 1 is 1.45 bits per heavy atom. The Morgan fingerprint density at radius 3 is 2.75 bits per heavy atom. The van der Waals surface area contributed by atoms with Crippen molar-refractivity contribution < 1.29 is 13.9 Å². The lowest BCUT2D eigenvalue weighted by Gasteiger charge is -2.00. The first-order valence-corrected chi connectivity index (χ1v) is 5.94. The molecule has 0 fully saturated rings. The molecule has 0 unspecified atom stereocenters. The number of benzene rings is 1. The number of carbonyl (C=O) groups is 1. The standard InChI is InChI=1S/C14H12FN3O2/c1-20-14(19)12-9-18(8-2-7-16)17-13(12)10-3-5-11(15)6-4-10/h3-6,9H,2,8H2,1H3. The predicted molar refractivity (Wildman–Crippen MR) is 69.2 cm³/mol. The minimum atomic E-state index is -0.521. The Bertz CT molecular complexity index is 656. The molecule has 5 nitrogen and oxygen atoms in total. The largest absolute Gasteiger partial charge is 0.465 e. The zero-order chi connectivity index (χ0) is 14.5. The lowest BCUT2D eigenvalue weighted by atomic mass is 10.1.